The molecule has 0 unspecified atom stereocenters. The van der Waals surface area contributed by atoms with Gasteiger partial charge in [-0.1, -0.05) is 11.8 Å². The summed E-state index contributed by atoms with van der Waals surface area (Å²) < 4.78 is 5.09. The van der Waals surface area contributed by atoms with Crippen molar-refractivity contribution < 1.29 is 9.53 Å². The Kier molecular flexibility index (Phi) is 4.79. The van der Waals surface area contributed by atoms with Crippen molar-refractivity contribution in [3.63, 3.8) is 0 Å². The molecule has 0 radical (unpaired) electrons. The lowest BCUT2D eigenvalue weighted by Gasteiger charge is -2.13. The van der Waals surface area contributed by atoms with Gasteiger partial charge < -0.3 is 15.4 Å². The average Bonchev–Trinajstić information content (AvgIpc) is 2.46. The molecular formula is C13H17N5O2S. The topological polar surface area (TPSA) is 89.0 Å². The van der Waals surface area contributed by atoms with E-state index in [0.29, 0.717) is 16.5 Å². The van der Waals surface area contributed by atoms with E-state index in [0.717, 1.165) is 5.39 Å². The highest BCUT2D eigenvalue weighted by molar-refractivity contribution is 7.98. The van der Waals surface area contributed by atoms with Gasteiger partial charge >= 0.3 is 6.09 Å². The highest BCUT2D eigenvalue weighted by Gasteiger charge is 2.12. The van der Waals surface area contributed by atoms with E-state index in [1.165, 1.54) is 18.8 Å². The maximum absolute atomic E-state index is 11.3. The molecule has 0 bridgehead atoms. The van der Waals surface area contributed by atoms with Gasteiger partial charge in [0.15, 0.2) is 11.0 Å². The fourth-order valence-electron chi connectivity index (χ4n) is 1.67. The molecule has 7 nitrogen and oxygen atoms in total. The molecule has 21 heavy (non-hydrogen) atoms. The van der Waals surface area contributed by atoms with Crippen molar-refractivity contribution >= 4 is 34.6 Å². The fraction of sp³-hybridized carbons (Fsp3) is 0.385. The smallest absolute Gasteiger partial charge is 0.391 e. The molecule has 2 aromatic heterocycles. The molecule has 8 heteroatoms. The quantitative estimate of drug-likeness (QED) is 0.661. The summed E-state index contributed by atoms with van der Waals surface area (Å²) >= 11 is 1.46. The molecule has 0 fully saturated rings. The minimum absolute atomic E-state index is 0.170. The Morgan fingerprint density at radius 1 is 1.38 bits per heavy atom. The third kappa shape index (κ3) is 3.72. The predicted octanol–water partition coefficient (Wildman–Crippen LogP) is 2.29. The van der Waals surface area contributed by atoms with Gasteiger partial charge in [-0.25, -0.2) is 14.8 Å². The molecule has 0 saturated carbocycles. The van der Waals surface area contributed by atoms with E-state index >= 15 is 0 Å². The summed E-state index contributed by atoms with van der Waals surface area (Å²) in [5, 5.41) is 7.01. The second kappa shape index (κ2) is 6.57. The maximum atomic E-state index is 11.3. The molecule has 0 aliphatic carbocycles. The molecule has 0 aliphatic rings. The Morgan fingerprint density at radius 2 is 2.14 bits per heavy atom. The Bertz CT molecular complexity index is 662. The first-order valence-electron chi connectivity index (χ1n) is 6.41. The third-order valence-electron chi connectivity index (χ3n) is 2.53. The average molecular weight is 307 g/mol. The van der Waals surface area contributed by atoms with E-state index in [2.05, 4.69) is 25.6 Å². The molecule has 0 spiro atoms. The number of carbonyl (C=O) groups is 1. The summed E-state index contributed by atoms with van der Waals surface area (Å²) in [6, 6.07) is 1.81. The number of hydrogen-bond acceptors (Lipinski definition) is 7. The van der Waals surface area contributed by atoms with Gasteiger partial charge in [-0.15, -0.1) is 0 Å². The molecule has 0 aromatic carbocycles. The number of rotatable bonds is 4. The minimum atomic E-state index is -0.570. The highest BCUT2D eigenvalue weighted by atomic mass is 32.2. The normalized spacial score (nSPS) is 10.7. The van der Waals surface area contributed by atoms with E-state index < -0.39 is 6.09 Å². The Balaban J connectivity index is 2.52. The van der Waals surface area contributed by atoms with Crippen LogP contribution >= 0.6 is 11.8 Å². The number of nitrogens with zero attached hydrogens (tertiary/aromatic N) is 3. The standard InChI is InChI=1S/C13H17N5O2S/c1-7(2)16-11-10-8(6-15-12(18-10)21-4)5-9(17-11)20-13(19)14-3/h5-7H,1-4H3,(H,14,19)(H,16,17). The zero-order valence-corrected chi connectivity index (χ0v) is 13.1. The van der Waals surface area contributed by atoms with Crippen molar-refractivity contribution in [2.75, 3.05) is 18.6 Å². The zero-order chi connectivity index (χ0) is 15.4. The maximum Gasteiger partial charge on any atom is 0.413 e. The Labute approximate surface area is 126 Å². The molecule has 2 aromatic rings. The number of nitrogens with one attached hydrogen (secondary N) is 2. The summed E-state index contributed by atoms with van der Waals surface area (Å²) in [7, 11) is 1.49. The number of hydrogen-bond donors (Lipinski definition) is 2. The lowest BCUT2D eigenvalue weighted by Crippen LogP contribution is -2.23. The lowest BCUT2D eigenvalue weighted by atomic mass is 10.2. The molecule has 2 heterocycles. The molecule has 0 aliphatic heterocycles. The van der Waals surface area contributed by atoms with Gasteiger partial charge in [0.25, 0.3) is 0 Å². The van der Waals surface area contributed by atoms with Gasteiger partial charge in [0.1, 0.15) is 5.52 Å². The van der Waals surface area contributed by atoms with Crippen molar-refractivity contribution in [2.24, 2.45) is 0 Å². The van der Waals surface area contributed by atoms with E-state index in [1.807, 2.05) is 20.1 Å². The van der Waals surface area contributed by atoms with Gasteiger partial charge in [-0.2, -0.15) is 4.98 Å². The summed E-state index contributed by atoms with van der Waals surface area (Å²) in [6.07, 6.45) is 3.03. The molecule has 112 valence electrons. The number of thioether (sulfide) groups is 1. The minimum Gasteiger partial charge on any atom is -0.391 e. The van der Waals surface area contributed by atoms with Gasteiger partial charge in [-0.05, 0) is 20.1 Å². The van der Waals surface area contributed by atoms with E-state index in [1.54, 1.807) is 12.3 Å². The zero-order valence-electron chi connectivity index (χ0n) is 12.3. The SMILES string of the molecule is CNC(=O)Oc1cc2cnc(SC)nc2c(NC(C)C)n1. The van der Waals surface area contributed by atoms with Crippen LogP contribution in [0.15, 0.2) is 17.4 Å². The molecule has 0 saturated heterocycles. The Morgan fingerprint density at radius 3 is 2.76 bits per heavy atom. The summed E-state index contributed by atoms with van der Waals surface area (Å²) in [4.78, 5) is 24.3. The lowest BCUT2D eigenvalue weighted by molar-refractivity contribution is 0.201. The number of fused-ring (bicyclic) bond motifs is 1. The van der Waals surface area contributed by atoms with Crippen LogP contribution in [-0.2, 0) is 0 Å². The second-order valence-corrected chi connectivity index (χ2v) is 5.32. The van der Waals surface area contributed by atoms with Crippen LogP contribution in [0.25, 0.3) is 10.9 Å². The largest absolute Gasteiger partial charge is 0.413 e. The van der Waals surface area contributed by atoms with Crippen molar-refractivity contribution in [3.05, 3.63) is 12.3 Å². The van der Waals surface area contributed by atoms with Crippen LogP contribution in [0.1, 0.15) is 13.8 Å². The first-order chi connectivity index (χ1) is 10.0. The summed E-state index contributed by atoms with van der Waals surface area (Å²) in [5.74, 6) is 0.768. The van der Waals surface area contributed by atoms with Crippen LogP contribution in [0.5, 0.6) is 5.88 Å². The monoisotopic (exact) mass is 307 g/mol. The number of pyridine rings is 1. The predicted molar refractivity (Wildman–Crippen MR) is 83.0 cm³/mol. The number of amides is 1. The van der Waals surface area contributed by atoms with E-state index in [-0.39, 0.29) is 11.9 Å². The van der Waals surface area contributed by atoms with Crippen molar-refractivity contribution in [1.82, 2.24) is 20.3 Å². The summed E-state index contributed by atoms with van der Waals surface area (Å²) in [6.45, 7) is 3.99. The van der Waals surface area contributed by atoms with Gasteiger partial charge in [0.2, 0.25) is 5.88 Å². The van der Waals surface area contributed by atoms with Crippen molar-refractivity contribution in [3.8, 4) is 5.88 Å². The number of ether oxygens (including phenoxy) is 1. The molecule has 0 atom stereocenters. The van der Waals surface area contributed by atoms with Crippen LogP contribution in [0.2, 0.25) is 0 Å². The molecular weight excluding hydrogens is 290 g/mol. The van der Waals surface area contributed by atoms with E-state index in [9.17, 15) is 4.79 Å². The first kappa shape index (κ1) is 15.3. The van der Waals surface area contributed by atoms with Crippen LogP contribution < -0.4 is 15.4 Å². The van der Waals surface area contributed by atoms with Gasteiger partial charge in [0, 0.05) is 30.7 Å². The van der Waals surface area contributed by atoms with Crippen LogP contribution in [0.4, 0.5) is 10.6 Å². The van der Waals surface area contributed by atoms with Crippen molar-refractivity contribution in [2.45, 2.75) is 25.0 Å². The molecule has 2 rings (SSSR count). The van der Waals surface area contributed by atoms with Crippen LogP contribution in [-0.4, -0.2) is 40.4 Å². The van der Waals surface area contributed by atoms with Crippen LogP contribution in [0, 0.1) is 0 Å². The second-order valence-electron chi connectivity index (χ2n) is 4.54. The Hall–Kier alpha value is -2.09. The summed E-state index contributed by atoms with van der Waals surface area (Å²) in [5.41, 5.74) is 0.701. The third-order valence-corrected chi connectivity index (χ3v) is 3.09. The van der Waals surface area contributed by atoms with Crippen molar-refractivity contribution in [1.29, 1.82) is 0 Å². The van der Waals surface area contributed by atoms with Gasteiger partial charge in [-0.3, -0.25) is 0 Å². The number of carbonyl (C=O) groups excluding carboxylic acids is 1. The molecule has 1 amide bonds. The highest BCUT2D eigenvalue weighted by Crippen LogP contribution is 2.26. The number of aromatic nitrogens is 3. The fourth-order valence-corrected chi connectivity index (χ4v) is 2.01. The molecule has 2 N–H and O–H groups in total. The van der Waals surface area contributed by atoms with Crippen LogP contribution in [0.3, 0.4) is 0 Å². The van der Waals surface area contributed by atoms with Gasteiger partial charge in [0.05, 0.1) is 0 Å². The van der Waals surface area contributed by atoms with E-state index in [4.69, 9.17) is 4.74 Å². The first-order valence-corrected chi connectivity index (χ1v) is 7.64. The number of anilines is 1.